The number of carbonyl (C=O) groups excluding carboxylic acids is 1. The third-order valence-corrected chi connectivity index (χ3v) is 5.57. The number of nitrogens with two attached hydrogens (primary N) is 1. The van der Waals surface area contributed by atoms with Gasteiger partial charge < -0.3 is 25.7 Å². The molecule has 1 aliphatic rings. The van der Waals surface area contributed by atoms with Crippen LogP contribution in [0.15, 0.2) is 88.7 Å². The summed E-state index contributed by atoms with van der Waals surface area (Å²) in [7, 11) is 0. The van der Waals surface area contributed by atoms with Crippen LogP contribution in [0.25, 0.3) is 0 Å². The molecule has 0 spiro atoms. The highest BCUT2D eigenvalue weighted by Gasteiger charge is 2.32. The van der Waals surface area contributed by atoms with Gasteiger partial charge in [0.2, 0.25) is 5.88 Å². The third-order valence-electron chi connectivity index (χ3n) is 5.57. The molecule has 3 heterocycles. The van der Waals surface area contributed by atoms with E-state index in [1.807, 2.05) is 6.07 Å². The topological polar surface area (TPSA) is 109 Å². The van der Waals surface area contributed by atoms with Crippen molar-refractivity contribution in [1.29, 1.82) is 0 Å². The number of nitrogens with zero attached hydrogens (tertiary/aromatic N) is 3. The molecule has 8 nitrogen and oxygen atoms in total. The molecule has 37 heavy (non-hydrogen) atoms. The minimum atomic E-state index is -4.68. The first kappa shape index (κ1) is 24.0. The number of pyridine rings is 1. The zero-order valence-electron chi connectivity index (χ0n) is 18.8. The molecule has 0 fully saturated rings. The fourth-order valence-electron chi connectivity index (χ4n) is 3.82. The van der Waals surface area contributed by atoms with Gasteiger partial charge in [-0.05, 0) is 60.7 Å². The van der Waals surface area contributed by atoms with Crippen molar-refractivity contribution in [3.05, 3.63) is 102 Å². The van der Waals surface area contributed by atoms with Gasteiger partial charge in [-0.15, -0.1) is 0 Å². The summed E-state index contributed by atoms with van der Waals surface area (Å²) in [4.78, 5) is 22.9. The molecular formula is C25H18F4N6O2. The largest absolute Gasteiger partial charge is 0.446 e. The van der Waals surface area contributed by atoms with E-state index in [9.17, 15) is 22.4 Å². The van der Waals surface area contributed by atoms with Crippen LogP contribution in [0.4, 0.5) is 45.3 Å². The van der Waals surface area contributed by atoms with Crippen molar-refractivity contribution >= 4 is 34.8 Å². The van der Waals surface area contributed by atoms with Gasteiger partial charge in [-0.25, -0.2) is 9.18 Å². The van der Waals surface area contributed by atoms with Crippen LogP contribution in [0.2, 0.25) is 0 Å². The number of halogens is 4. The lowest BCUT2D eigenvalue weighted by atomic mass is 10.1. The number of hydrogen-bond acceptors (Lipinski definition) is 6. The molecule has 0 saturated heterocycles. The van der Waals surface area contributed by atoms with Crippen molar-refractivity contribution in [3.63, 3.8) is 0 Å². The number of nitrogens with one attached hydrogen (secondary N) is 2. The van der Waals surface area contributed by atoms with E-state index in [-0.39, 0.29) is 0 Å². The second-order valence-electron chi connectivity index (χ2n) is 7.99. The number of hydrogen-bond donors (Lipinski definition) is 3. The molecule has 2 amide bonds. The number of rotatable bonds is 4. The third kappa shape index (κ3) is 4.86. The Balaban J connectivity index is 1.36. The molecule has 1 atom stereocenters. The number of aliphatic imine (C=N–C) groups is 1. The number of alkyl halides is 3. The Morgan fingerprint density at radius 2 is 1.84 bits per heavy atom. The first-order chi connectivity index (χ1) is 17.7. The van der Waals surface area contributed by atoms with Crippen LogP contribution >= 0.6 is 0 Å². The molecule has 188 valence electrons. The van der Waals surface area contributed by atoms with Gasteiger partial charge in [0.15, 0.2) is 0 Å². The second kappa shape index (κ2) is 9.39. The van der Waals surface area contributed by atoms with Crippen LogP contribution in [0.3, 0.4) is 0 Å². The lowest BCUT2D eigenvalue weighted by molar-refractivity contribution is -0.137. The molecule has 5 rings (SSSR count). The van der Waals surface area contributed by atoms with E-state index in [2.05, 4.69) is 20.6 Å². The van der Waals surface area contributed by atoms with Gasteiger partial charge in [0.1, 0.15) is 17.8 Å². The summed E-state index contributed by atoms with van der Waals surface area (Å²) >= 11 is 0. The van der Waals surface area contributed by atoms with Crippen LogP contribution in [0.1, 0.15) is 22.9 Å². The number of furan rings is 1. The maximum atomic E-state index is 14.0. The van der Waals surface area contributed by atoms with Gasteiger partial charge in [-0.3, -0.25) is 4.98 Å². The van der Waals surface area contributed by atoms with Crippen LogP contribution in [0.5, 0.6) is 0 Å². The van der Waals surface area contributed by atoms with E-state index in [0.717, 1.165) is 0 Å². The predicted octanol–water partition coefficient (Wildman–Crippen LogP) is 6.03. The second-order valence-corrected chi connectivity index (χ2v) is 7.99. The molecule has 2 aromatic carbocycles. The van der Waals surface area contributed by atoms with Gasteiger partial charge in [-0.2, -0.15) is 18.2 Å². The Hall–Kier alpha value is -4.71. The Morgan fingerprint density at radius 1 is 1.05 bits per heavy atom. The van der Waals surface area contributed by atoms with E-state index in [0.29, 0.717) is 52.4 Å². The number of fused-ring (bicyclic) bond motifs is 1. The molecule has 0 bridgehead atoms. The summed E-state index contributed by atoms with van der Waals surface area (Å²) in [6.07, 6.45) is -0.545. The fourth-order valence-corrected chi connectivity index (χ4v) is 3.82. The van der Waals surface area contributed by atoms with Crippen molar-refractivity contribution in [2.75, 3.05) is 15.5 Å². The number of carbonyl (C=O) groups is 1. The smallest absolute Gasteiger partial charge is 0.416 e. The molecule has 4 N–H and O–H groups in total. The number of amidine groups is 1. The molecule has 12 heteroatoms. The van der Waals surface area contributed by atoms with Gasteiger partial charge in [0.25, 0.3) is 0 Å². The maximum absolute atomic E-state index is 14.0. The molecule has 0 radical (unpaired) electrons. The van der Waals surface area contributed by atoms with Crippen LogP contribution < -0.4 is 21.3 Å². The maximum Gasteiger partial charge on any atom is 0.416 e. The van der Waals surface area contributed by atoms with Gasteiger partial charge in [0.05, 0.1) is 23.1 Å². The van der Waals surface area contributed by atoms with Crippen LogP contribution in [-0.4, -0.2) is 16.9 Å². The molecule has 1 aliphatic heterocycles. The fraction of sp³-hybridized carbons (Fsp3) is 0.0800. The van der Waals surface area contributed by atoms with Crippen LogP contribution in [0, 0.1) is 5.82 Å². The summed E-state index contributed by atoms with van der Waals surface area (Å²) in [5.41, 5.74) is 7.16. The summed E-state index contributed by atoms with van der Waals surface area (Å²) < 4.78 is 58.2. The first-order valence-corrected chi connectivity index (χ1v) is 10.9. The van der Waals surface area contributed by atoms with Gasteiger partial charge >= 0.3 is 12.2 Å². The van der Waals surface area contributed by atoms with Crippen molar-refractivity contribution in [3.8, 4) is 0 Å². The number of benzene rings is 2. The van der Waals surface area contributed by atoms with Crippen molar-refractivity contribution in [2.45, 2.75) is 12.3 Å². The molecule has 2 aromatic heterocycles. The molecule has 1 unspecified atom stereocenters. The summed E-state index contributed by atoms with van der Waals surface area (Å²) in [5, 5.41) is 4.57. The van der Waals surface area contributed by atoms with E-state index in [1.165, 1.54) is 6.26 Å². The number of amides is 2. The zero-order valence-corrected chi connectivity index (χ0v) is 18.8. The highest BCUT2D eigenvalue weighted by atomic mass is 19.4. The number of aromatic nitrogens is 1. The van der Waals surface area contributed by atoms with Gasteiger partial charge in [0, 0.05) is 29.3 Å². The normalized spacial score (nSPS) is 15.1. The first-order valence-electron chi connectivity index (χ1n) is 10.9. The lowest BCUT2D eigenvalue weighted by Gasteiger charge is -2.34. The SMILES string of the molecule is NC1c2ccoc2N=C(c2cccnc2)N1c1ccc(NC(=O)Nc2cc(C(F)(F)F)ccc2F)cc1. The number of anilines is 3. The van der Waals surface area contributed by atoms with Crippen molar-refractivity contribution in [1.82, 2.24) is 4.98 Å². The Morgan fingerprint density at radius 3 is 2.54 bits per heavy atom. The monoisotopic (exact) mass is 510 g/mol. The summed E-state index contributed by atoms with van der Waals surface area (Å²) in [5.74, 6) is -0.112. The Labute approximate surface area is 207 Å². The standard InChI is InChI=1S/C25H18F4N6O2/c26-19-8-3-15(25(27,28)29)12-20(19)33-24(36)32-16-4-6-17(7-5-16)35-21(30)18-9-11-37-23(18)34-22(35)14-2-1-10-31-13-14/h1-13,21H,30H2,(H2,32,33,36). The van der Waals surface area contributed by atoms with Gasteiger partial charge in [-0.1, -0.05) is 0 Å². The summed E-state index contributed by atoms with van der Waals surface area (Å²) in [6.45, 7) is 0. The zero-order chi connectivity index (χ0) is 26.2. The van der Waals surface area contributed by atoms with Crippen molar-refractivity contribution < 1.29 is 26.8 Å². The summed E-state index contributed by atoms with van der Waals surface area (Å²) in [6, 6.07) is 12.6. The van der Waals surface area contributed by atoms with E-state index >= 15 is 0 Å². The Bertz CT molecular complexity index is 1470. The average Bonchev–Trinajstić information content (AvgIpc) is 3.35. The molecule has 0 saturated carbocycles. The minimum absolute atomic E-state index is 0.308. The van der Waals surface area contributed by atoms with E-state index in [4.69, 9.17) is 10.2 Å². The molecule has 4 aromatic rings. The average molecular weight is 510 g/mol. The van der Waals surface area contributed by atoms with Crippen LogP contribution in [-0.2, 0) is 6.18 Å². The number of urea groups is 1. The quantitative estimate of drug-likeness (QED) is 0.291. The molecule has 0 aliphatic carbocycles. The Kier molecular flexibility index (Phi) is 6.09. The predicted molar refractivity (Wildman–Crippen MR) is 129 cm³/mol. The molecular weight excluding hydrogens is 492 g/mol. The van der Waals surface area contributed by atoms with E-state index < -0.39 is 35.4 Å². The van der Waals surface area contributed by atoms with Crippen molar-refractivity contribution in [2.24, 2.45) is 10.7 Å². The highest BCUT2D eigenvalue weighted by molar-refractivity contribution is 6.12. The lowest BCUT2D eigenvalue weighted by Crippen LogP contribution is -2.42. The van der Waals surface area contributed by atoms with E-state index in [1.54, 1.807) is 53.7 Å². The highest BCUT2D eigenvalue weighted by Crippen LogP contribution is 2.37. The minimum Gasteiger partial charge on any atom is -0.446 e.